The fourth-order valence-electron chi connectivity index (χ4n) is 2.40. The molecule has 0 atom stereocenters. The molecule has 1 aromatic heterocycles. The van der Waals surface area contributed by atoms with Gasteiger partial charge in [0.25, 0.3) is 5.91 Å². The molecule has 0 saturated carbocycles. The maximum Gasteiger partial charge on any atom is 0.269 e. The highest BCUT2D eigenvalue weighted by molar-refractivity contribution is 5.93. The summed E-state index contributed by atoms with van der Waals surface area (Å²) in [4.78, 5) is 16.4. The summed E-state index contributed by atoms with van der Waals surface area (Å²) in [6, 6.07) is 14.0. The molecule has 24 heavy (non-hydrogen) atoms. The number of benzene rings is 1. The van der Waals surface area contributed by atoms with Crippen molar-refractivity contribution >= 4 is 11.6 Å². The van der Waals surface area contributed by atoms with Gasteiger partial charge in [0.15, 0.2) is 0 Å². The molecule has 0 aliphatic carbocycles. The number of pyridine rings is 1. The van der Waals surface area contributed by atoms with Crippen molar-refractivity contribution in [3.63, 3.8) is 0 Å². The quantitative estimate of drug-likeness (QED) is 0.688. The van der Waals surface area contributed by atoms with Crippen LogP contribution >= 0.6 is 0 Å². The maximum absolute atomic E-state index is 12.2. The number of anilines is 1. The van der Waals surface area contributed by atoms with E-state index in [4.69, 9.17) is 0 Å². The summed E-state index contributed by atoms with van der Waals surface area (Å²) in [5.41, 5.74) is 2.70. The van der Waals surface area contributed by atoms with Gasteiger partial charge in [-0.25, -0.2) is 0 Å². The lowest BCUT2D eigenvalue weighted by atomic mass is 10.1. The van der Waals surface area contributed by atoms with Gasteiger partial charge in [0, 0.05) is 25.0 Å². The first-order valence-corrected chi connectivity index (χ1v) is 8.67. The number of nitrogens with zero attached hydrogens (tertiary/aromatic N) is 1. The Bertz CT molecular complexity index is 626. The second-order valence-electron chi connectivity index (χ2n) is 6.38. The zero-order valence-electron chi connectivity index (χ0n) is 14.6. The lowest BCUT2D eigenvalue weighted by Gasteiger charge is -2.10. The normalized spacial score (nSPS) is 10.6. The molecular weight excluding hydrogens is 298 g/mol. The van der Waals surface area contributed by atoms with Crippen LogP contribution in [0.3, 0.4) is 0 Å². The fraction of sp³-hybridized carbons (Fsp3) is 0.400. The van der Waals surface area contributed by atoms with E-state index in [0.717, 1.165) is 31.5 Å². The summed E-state index contributed by atoms with van der Waals surface area (Å²) in [5, 5.41) is 6.28. The predicted octanol–water partition coefficient (Wildman–Crippen LogP) is 3.90. The first-order valence-electron chi connectivity index (χ1n) is 8.67. The molecule has 1 heterocycles. The first-order chi connectivity index (χ1) is 11.6. The standard InChI is InChI=1S/C20H27N3O/c1-16(2)10-13-21-18-11-14-22-19(15-18)20(24)23-12-6-9-17-7-4-3-5-8-17/h3-5,7-8,11,14-16H,6,9-10,12-13H2,1-2H3,(H,21,22)(H,23,24). The molecule has 0 unspecified atom stereocenters. The van der Waals surface area contributed by atoms with Crippen LogP contribution in [0.2, 0.25) is 0 Å². The predicted molar refractivity (Wildman–Crippen MR) is 99.3 cm³/mol. The maximum atomic E-state index is 12.2. The highest BCUT2D eigenvalue weighted by Crippen LogP contribution is 2.09. The molecule has 0 aliphatic heterocycles. The van der Waals surface area contributed by atoms with Crippen LogP contribution in [0, 0.1) is 5.92 Å². The summed E-state index contributed by atoms with van der Waals surface area (Å²) in [5.74, 6) is 0.544. The molecule has 0 bridgehead atoms. The number of carbonyl (C=O) groups excluding carboxylic acids is 1. The number of rotatable bonds is 9. The van der Waals surface area contributed by atoms with Crippen molar-refractivity contribution in [2.45, 2.75) is 33.1 Å². The molecular formula is C20H27N3O. The van der Waals surface area contributed by atoms with Crippen molar-refractivity contribution < 1.29 is 4.79 Å². The summed E-state index contributed by atoms with van der Waals surface area (Å²) in [6.07, 6.45) is 4.66. The van der Waals surface area contributed by atoms with E-state index in [9.17, 15) is 4.79 Å². The average molecular weight is 325 g/mol. The summed E-state index contributed by atoms with van der Waals surface area (Å²) >= 11 is 0. The van der Waals surface area contributed by atoms with Crippen molar-refractivity contribution in [2.24, 2.45) is 5.92 Å². The minimum absolute atomic E-state index is 0.115. The Kier molecular flexibility index (Phi) is 7.27. The Labute approximate surface area is 144 Å². The molecule has 2 aromatic rings. The van der Waals surface area contributed by atoms with Crippen molar-refractivity contribution in [3.05, 3.63) is 59.9 Å². The van der Waals surface area contributed by atoms with Gasteiger partial charge in [-0.05, 0) is 42.9 Å². The molecule has 1 aromatic carbocycles. The molecule has 2 N–H and O–H groups in total. The van der Waals surface area contributed by atoms with E-state index in [1.807, 2.05) is 30.3 Å². The zero-order valence-corrected chi connectivity index (χ0v) is 14.6. The number of carbonyl (C=O) groups is 1. The van der Waals surface area contributed by atoms with Gasteiger partial charge in [-0.3, -0.25) is 9.78 Å². The number of hydrogen-bond acceptors (Lipinski definition) is 3. The smallest absolute Gasteiger partial charge is 0.269 e. The number of aromatic nitrogens is 1. The minimum Gasteiger partial charge on any atom is -0.385 e. The Balaban J connectivity index is 1.75. The van der Waals surface area contributed by atoms with Gasteiger partial charge in [-0.15, -0.1) is 0 Å². The van der Waals surface area contributed by atoms with E-state index < -0.39 is 0 Å². The highest BCUT2D eigenvalue weighted by atomic mass is 16.1. The van der Waals surface area contributed by atoms with E-state index in [1.54, 1.807) is 6.20 Å². The van der Waals surface area contributed by atoms with Crippen LogP contribution in [0.1, 0.15) is 42.7 Å². The van der Waals surface area contributed by atoms with Gasteiger partial charge in [-0.1, -0.05) is 44.2 Å². The first kappa shape index (κ1) is 18.0. The molecule has 0 fully saturated rings. The van der Waals surface area contributed by atoms with Gasteiger partial charge in [0.1, 0.15) is 5.69 Å². The van der Waals surface area contributed by atoms with E-state index in [1.165, 1.54) is 5.56 Å². The van der Waals surface area contributed by atoms with Crippen LogP contribution in [-0.2, 0) is 6.42 Å². The SMILES string of the molecule is CC(C)CCNc1ccnc(C(=O)NCCCc2ccccc2)c1. The van der Waals surface area contributed by atoms with Crippen molar-refractivity contribution in [1.29, 1.82) is 0 Å². The molecule has 2 rings (SSSR count). The van der Waals surface area contributed by atoms with Gasteiger partial charge < -0.3 is 10.6 Å². The minimum atomic E-state index is -0.115. The number of amides is 1. The van der Waals surface area contributed by atoms with Crippen molar-refractivity contribution in [3.8, 4) is 0 Å². The number of aryl methyl sites for hydroxylation is 1. The molecule has 1 amide bonds. The van der Waals surface area contributed by atoms with Crippen LogP contribution in [0.25, 0.3) is 0 Å². The summed E-state index contributed by atoms with van der Waals surface area (Å²) in [7, 11) is 0. The lowest BCUT2D eigenvalue weighted by molar-refractivity contribution is 0.0948. The van der Waals surface area contributed by atoms with Gasteiger partial charge in [-0.2, -0.15) is 0 Å². The molecule has 0 aliphatic rings. The van der Waals surface area contributed by atoms with Crippen LogP contribution < -0.4 is 10.6 Å². The second kappa shape index (κ2) is 9.71. The third-order valence-electron chi connectivity index (χ3n) is 3.81. The Morgan fingerprint density at radius 1 is 1.12 bits per heavy atom. The molecule has 4 heteroatoms. The Hall–Kier alpha value is -2.36. The number of nitrogens with one attached hydrogen (secondary N) is 2. The topological polar surface area (TPSA) is 54.0 Å². The van der Waals surface area contributed by atoms with Gasteiger partial charge in [0.05, 0.1) is 0 Å². The zero-order chi connectivity index (χ0) is 17.2. The third kappa shape index (κ3) is 6.41. The second-order valence-corrected chi connectivity index (χ2v) is 6.38. The Morgan fingerprint density at radius 2 is 1.92 bits per heavy atom. The summed E-state index contributed by atoms with van der Waals surface area (Å²) < 4.78 is 0. The monoisotopic (exact) mass is 325 g/mol. The van der Waals surface area contributed by atoms with E-state index in [-0.39, 0.29) is 5.91 Å². The van der Waals surface area contributed by atoms with Crippen LogP contribution in [0.4, 0.5) is 5.69 Å². The molecule has 0 radical (unpaired) electrons. The third-order valence-corrected chi connectivity index (χ3v) is 3.81. The Morgan fingerprint density at radius 3 is 2.67 bits per heavy atom. The summed E-state index contributed by atoms with van der Waals surface area (Å²) in [6.45, 7) is 5.95. The van der Waals surface area contributed by atoms with Crippen LogP contribution in [-0.4, -0.2) is 24.0 Å². The van der Waals surface area contributed by atoms with Gasteiger partial charge >= 0.3 is 0 Å². The highest BCUT2D eigenvalue weighted by Gasteiger charge is 2.07. The van der Waals surface area contributed by atoms with Crippen molar-refractivity contribution in [2.75, 3.05) is 18.4 Å². The largest absolute Gasteiger partial charge is 0.385 e. The van der Waals surface area contributed by atoms with E-state index in [2.05, 4.69) is 41.6 Å². The molecule has 0 saturated heterocycles. The van der Waals surface area contributed by atoms with Crippen LogP contribution in [0.15, 0.2) is 48.7 Å². The molecule has 0 spiro atoms. The number of hydrogen-bond donors (Lipinski definition) is 2. The molecule has 4 nitrogen and oxygen atoms in total. The van der Waals surface area contributed by atoms with Gasteiger partial charge in [0.2, 0.25) is 0 Å². The fourth-order valence-corrected chi connectivity index (χ4v) is 2.40. The molecule has 128 valence electrons. The van der Waals surface area contributed by atoms with Crippen molar-refractivity contribution in [1.82, 2.24) is 10.3 Å². The van der Waals surface area contributed by atoms with E-state index in [0.29, 0.717) is 18.2 Å². The average Bonchev–Trinajstić information content (AvgIpc) is 2.59. The van der Waals surface area contributed by atoms with Crippen LogP contribution in [0.5, 0.6) is 0 Å². The lowest BCUT2D eigenvalue weighted by Crippen LogP contribution is -2.25. The van der Waals surface area contributed by atoms with E-state index >= 15 is 0 Å².